The number of nitro groups is 1. The number of piperidine rings is 1. The van der Waals surface area contributed by atoms with Crippen molar-refractivity contribution in [2.75, 3.05) is 18.0 Å². The van der Waals surface area contributed by atoms with E-state index in [1.807, 2.05) is 11.0 Å². The van der Waals surface area contributed by atoms with Gasteiger partial charge in [-0.15, -0.1) is 0 Å². The van der Waals surface area contributed by atoms with Gasteiger partial charge in [0.1, 0.15) is 11.6 Å². The molecule has 1 aromatic heterocycles. The Kier molecular flexibility index (Phi) is 4.15. The van der Waals surface area contributed by atoms with Gasteiger partial charge in [-0.25, -0.2) is 4.98 Å². The number of hydrogen-bond donors (Lipinski definition) is 1. The van der Waals surface area contributed by atoms with Gasteiger partial charge in [-0.2, -0.15) is 5.26 Å². The van der Waals surface area contributed by atoms with Crippen LogP contribution in [0.25, 0.3) is 0 Å². The van der Waals surface area contributed by atoms with E-state index in [2.05, 4.69) is 4.98 Å². The highest BCUT2D eigenvalue weighted by molar-refractivity contribution is 5.65. The van der Waals surface area contributed by atoms with Crippen molar-refractivity contribution in [3.63, 3.8) is 0 Å². The third-order valence-corrected chi connectivity index (χ3v) is 3.73. The Balaban J connectivity index is 2.27. The van der Waals surface area contributed by atoms with Crippen LogP contribution >= 0.6 is 0 Å². The summed E-state index contributed by atoms with van der Waals surface area (Å²) >= 11 is 0. The quantitative estimate of drug-likeness (QED) is 0.662. The molecule has 1 aliphatic heterocycles. The molecule has 0 bridgehead atoms. The lowest BCUT2D eigenvalue weighted by Gasteiger charge is -2.33. The first-order valence-corrected chi connectivity index (χ1v) is 6.51. The second-order valence-electron chi connectivity index (χ2n) is 4.96. The van der Waals surface area contributed by atoms with E-state index in [0.29, 0.717) is 13.1 Å². The zero-order valence-corrected chi connectivity index (χ0v) is 11.2. The van der Waals surface area contributed by atoms with Gasteiger partial charge < -0.3 is 10.0 Å². The first-order chi connectivity index (χ1) is 9.54. The van der Waals surface area contributed by atoms with E-state index in [4.69, 9.17) is 5.26 Å². The van der Waals surface area contributed by atoms with E-state index >= 15 is 0 Å². The van der Waals surface area contributed by atoms with Crippen molar-refractivity contribution in [2.24, 2.45) is 5.92 Å². The minimum Gasteiger partial charge on any atom is -0.393 e. The molecule has 106 valence electrons. The minimum atomic E-state index is -0.554. The van der Waals surface area contributed by atoms with Crippen molar-refractivity contribution < 1.29 is 10.0 Å². The Bertz CT molecular complexity index is 545. The Hall–Kier alpha value is -2.20. The Morgan fingerprint density at radius 3 is 2.75 bits per heavy atom. The van der Waals surface area contributed by atoms with Gasteiger partial charge in [0.15, 0.2) is 0 Å². The lowest BCUT2D eigenvalue weighted by Crippen LogP contribution is -2.37. The summed E-state index contributed by atoms with van der Waals surface area (Å²) in [5.41, 5.74) is -0.205. The molecule has 1 aromatic rings. The molecule has 2 rings (SSSR count). The monoisotopic (exact) mass is 276 g/mol. The Morgan fingerprint density at radius 1 is 1.60 bits per heavy atom. The molecule has 1 saturated heterocycles. The SMILES string of the molecule is CC(O)C1CCN(c2nccc(C#N)c2[N+](=O)[O-])CC1. The molecule has 0 saturated carbocycles. The van der Waals surface area contributed by atoms with Crippen LogP contribution in [0.4, 0.5) is 11.5 Å². The number of pyridine rings is 1. The zero-order chi connectivity index (χ0) is 14.7. The van der Waals surface area contributed by atoms with E-state index in [1.165, 1.54) is 12.3 Å². The van der Waals surface area contributed by atoms with Gasteiger partial charge in [0.05, 0.1) is 11.0 Å². The first-order valence-electron chi connectivity index (χ1n) is 6.51. The maximum atomic E-state index is 11.2. The number of rotatable bonds is 3. The number of anilines is 1. The number of nitriles is 1. The van der Waals surface area contributed by atoms with Crippen LogP contribution < -0.4 is 4.90 Å². The van der Waals surface area contributed by atoms with Crippen LogP contribution in [0.2, 0.25) is 0 Å². The third kappa shape index (κ3) is 2.70. The van der Waals surface area contributed by atoms with Crippen LogP contribution in [0.3, 0.4) is 0 Å². The number of nitrogens with zero attached hydrogens (tertiary/aromatic N) is 4. The highest BCUT2D eigenvalue weighted by Gasteiger charge is 2.29. The summed E-state index contributed by atoms with van der Waals surface area (Å²) < 4.78 is 0. The van der Waals surface area contributed by atoms with Gasteiger partial charge in [0.25, 0.3) is 0 Å². The van der Waals surface area contributed by atoms with Crippen molar-refractivity contribution in [3.8, 4) is 6.07 Å². The van der Waals surface area contributed by atoms with Crippen LogP contribution in [-0.4, -0.2) is 34.2 Å². The number of hydrogen-bond acceptors (Lipinski definition) is 6. The van der Waals surface area contributed by atoms with Crippen molar-refractivity contribution in [2.45, 2.75) is 25.9 Å². The maximum Gasteiger partial charge on any atom is 0.329 e. The largest absolute Gasteiger partial charge is 0.393 e. The molecule has 0 amide bonds. The summed E-state index contributed by atoms with van der Waals surface area (Å²) in [6, 6.07) is 3.19. The number of aliphatic hydroxyl groups is 1. The summed E-state index contributed by atoms with van der Waals surface area (Å²) in [5.74, 6) is 0.461. The van der Waals surface area contributed by atoms with Crippen LogP contribution in [0.1, 0.15) is 25.3 Å². The average molecular weight is 276 g/mol. The van der Waals surface area contributed by atoms with Gasteiger partial charge in [0.2, 0.25) is 5.82 Å². The van der Waals surface area contributed by atoms with Crippen molar-refractivity contribution in [1.82, 2.24) is 4.98 Å². The van der Waals surface area contributed by atoms with E-state index in [0.717, 1.165) is 12.8 Å². The lowest BCUT2D eigenvalue weighted by atomic mass is 9.92. The molecule has 1 N–H and O–H groups in total. The van der Waals surface area contributed by atoms with E-state index < -0.39 is 4.92 Å². The highest BCUT2D eigenvalue weighted by atomic mass is 16.6. The summed E-state index contributed by atoms with van der Waals surface area (Å²) in [6.07, 6.45) is 2.56. The molecule has 1 fully saturated rings. The summed E-state index contributed by atoms with van der Waals surface area (Å²) in [4.78, 5) is 16.5. The molecule has 1 unspecified atom stereocenters. The van der Waals surface area contributed by atoms with E-state index in [-0.39, 0.29) is 29.1 Å². The molecule has 0 aromatic carbocycles. The molecule has 1 aliphatic rings. The number of aromatic nitrogens is 1. The van der Waals surface area contributed by atoms with Crippen LogP contribution in [0, 0.1) is 27.4 Å². The summed E-state index contributed by atoms with van der Waals surface area (Å²) in [7, 11) is 0. The van der Waals surface area contributed by atoms with Gasteiger partial charge >= 0.3 is 5.69 Å². The van der Waals surface area contributed by atoms with Gasteiger partial charge in [-0.05, 0) is 31.7 Å². The topological polar surface area (TPSA) is 103 Å². The second kappa shape index (κ2) is 5.84. The molecule has 7 nitrogen and oxygen atoms in total. The van der Waals surface area contributed by atoms with E-state index in [9.17, 15) is 15.2 Å². The van der Waals surface area contributed by atoms with Crippen molar-refractivity contribution in [1.29, 1.82) is 5.26 Å². The van der Waals surface area contributed by atoms with Gasteiger partial charge in [0, 0.05) is 19.3 Å². The van der Waals surface area contributed by atoms with Crippen LogP contribution in [-0.2, 0) is 0 Å². The van der Waals surface area contributed by atoms with Crippen LogP contribution in [0.5, 0.6) is 0 Å². The molecular formula is C13H16N4O3. The standard InChI is InChI=1S/C13H16N4O3/c1-9(18)10-3-6-16(7-4-10)13-12(17(19)20)11(8-14)2-5-15-13/h2,5,9-10,18H,3-4,6-7H2,1H3. The van der Waals surface area contributed by atoms with Crippen molar-refractivity contribution in [3.05, 3.63) is 27.9 Å². The fraction of sp³-hybridized carbons (Fsp3) is 0.538. The van der Waals surface area contributed by atoms with Gasteiger partial charge in [-0.1, -0.05) is 0 Å². The normalized spacial score (nSPS) is 17.6. The van der Waals surface area contributed by atoms with Crippen LogP contribution in [0.15, 0.2) is 12.3 Å². The fourth-order valence-electron chi connectivity index (χ4n) is 2.54. The predicted molar refractivity (Wildman–Crippen MR) is 72.2 cm³/mol. The average Bonchev–Trinajstić information content (AvgIpc) is 2.46. The zero-order valence-electron chi connectivity index (χ0n) is 11.2. The smallest absolute Gasteiger partial charge is 0.329 e. The Labute approximate surface area is 116 Å². The van der Waals surface area contributed by atoms with Gasteiger partial charge in [-0.3, -0.25) is 10.1 Å². The van der Waals surface area contributed by atoms with E-state index in [1.54, 1.807) is 6.92 Å². The molecule has 0 aliphatic carbocycles. The summed E-state index contributed by atoms with van der Waals surface area (Å²) in [5, 5.41) is 29.7. The molecular weight excluding hydrogens is 260 g/mol. The predicted octanol–water partition coefficient (Wildman–Crippen LogP) is 1.46. The fourth-order valence-corrected chi connectivity index (χ4v) is 2.54. The molecule has 0 spiro atoms. The molecule has 20 heavy (non-hydrogen) atoms. The Morgan fingerprint density at radius 2 is 2.25 bits per heavy atom. The lowest BCUT2D eigenvalue weighted by molar-refractivity contribution is -0.384. The molecule has 2 heterocycles. The molecule has 0 radical (unpaired) electrons. The molecule has 7 heteroatoms. The van der Waals surface area contributed by atoms with Crippen molar-refractivity contribution >= 4 is 11.5 Å². The maximum absolute atomic E-state index is 11.2. The second-order valence-corrected chi connectivity index (χ2v) is 4.96. The minimum absolute atomic E-state index is 0.0256. The molecule has 1 atom stereocenters. The number of aliphatic hydroxyl groups excluding tert-OH is 1. The first kappa shape index (κ1) is 14.2. The third-order valence-electron chi connectivity index (χ3n) is 3.73. The highest BCUT2D eigenvalue weighted by Crippen LogP contribution is 2.32. The summed E-state index contributed by atoms with van der Waals surface area (Å²) in [6.45, 7) is 2.95.